The quantitative estimate of drug-likeness (QED) is 0.712. The molecule has 1 heterocycles. The van der Waals surface area contributed by atoms with Crippen molar-refractivity contribution in [3.05, 3.63) is 51.2 Å². The summed E-state index contributed by atoms with van der Waals surface area (Å²) in [4.78, 5) is 12.3. The predicted octanol–water partition coefficient (Wildman–Crippen LogP) is 4.28. The highest BCUT2D eigenvalue weighted by Crippen LogP contribution is 2.34. The van der Waals surface area contributed by atoms with Gasteiger partial charge in [-0.05, 0) is 31.2 Å². The van der Waals surface area contributed by atoms with Gasteiger partial charge in [-0.1, -0.05) is 11.6 Å². The number of hydrogen-bond donors (Lipinski definition) is 0. The van der Waals surface area contributed by atoms with Crippen LogP contribution < -0.4 is 10.3 Å². The van der Waals surface area contributed by atoms with Crippen molar-refractivity contribution in [2.24, 2.45) is 7.05 Å². The molecule has 0 aliphatic carbocycles. The minimum absolute atomic E-state index is 0.0294. The summed E-state index contributed by atoms with van der Waals surface area (Å²) in [6.45, 7) is 1.86. The molecule has 0 aliphatic heterocycles. The second-order valence-electron chi connectivity index (χ2n) is 5.61. The highest BCUT2D eigenvalue weighted by Gasteiger charge is 2.34. The molecule has 9 heteroatoms. The van der Waals surface area contributed by atoms with Crippen LogP contribution in [0.15, 0.2) is 29.1 Å². The fraction of sp³-hybridized carbons (Fsp3) is 0.353. The van der Waals surface area contributed by atoms with E-state index in [0.717, 1.165) is 25.2 Å². The summed E-state index contributed by atoms with van der Waals surface area (Å²) in [6, 6.07) is 3.78. The van der Waals surface area contributed by atoms with Crippen molar-refractivity contribution >= 4 is 11.6 Å². The van der Waals surface area contributed by atoms with E-state index in [4.69, 9.17) is 21.1 Å². The number of pyridine rings is 1. The number of aromatic nitrogens is 1. The molecule has 0 saturated heterocycles. The highest BCUT2D eigenvalue weighted by atomic mass is 35.5. The van der Waals surface area contributed by atoms with Crippen LogP contribution in [0.2, 0.25) is 5.02 Å². The van der Waals surface area contributed by atoms with Crippen molar-refractivity contribution in [2.75, 3.05) is 13.7 Å². The number of hydrogen-bond acceptors (Lipinski definition) is 3. The topological polar surface area (TPSA) is 40.5 Å². The zero-order chi connectivity index (χ0) is 19.6. The Morgan fingerprint density at radius 1 is 1.23 bits per heavy atom. The van der Waals surface area contributed by atoms with E-state index >= 15 is 0 Å². The Kier molecular flexibility index (Phi) is 5.98. The van der Waals surface area contributed by atoms with Crippen molar-refractivity contribution in [1.82, 2.24) is 4.57 Å². The SMILES string of the molecule is COC(C)COc1cc(-c2ccc(C(F)(F)F)n(C)c2=O)c(F)cc1Cl. The van der Waals surface area contributed by atoms with Crippen molar-refractivity contribution < 1.29 is 27.0 Å². The summed E-state index contributed by atoms with van der Waals surface area (Å²) in [5.74, 6) is -0.757. The molecule has 1 unspecified atom stereocenters. The van der Waals surface area contributed by atoms with Gasteiger partial charge in [0.15, 0.2) is 0 Å². The molecule has 0 N–H and O–H groups in total. The Morgan fingerprint density at radius 3 is 2.46 bits per heavy atom. The lowest BCUT2D eigenvalue weighted by Gasteiger charge is -2.16. The first-order valence-electron chi connectivity index (χ1n) is 7.48. The standard InChI is InChI=1S/C17H16ClF4NO3/c1-9(25-3)8-26-14-6-11(13(19)7-12(14)18)10-4-5-15(17(20,21)22)23(2)16(10)24/h4-7,9H,8H2,1-3H3. The largest absolute Gasteiger partial charge is 0.489 e. The number of halogens is 5. The maximum absolute atomic E-state index is 14.3. The lowest BCUT2D eigenvalue weighted by Crippen LogP contribution is -2.26. The smallest absolute Gasteiger partial charge is 0.431 e. The molecule has 26 heavy (non-hydrogen) atoms. The number of alkyl halides is 3. The minimum Gasteiger partial charge on any atom is -0.489 e. The molecule has 0 saturated carbocycles. The first-order valence-corrected chi connectivity index (χ1v) is 7.86. The normalized spacial score (nSPS) is 12.9. The lowest BCUT2D eigenvalue weighted by molar-refractivity contribution is -0.143. The van der Waals surface area contributed by atoms with E-state index in [2.05, 4.69) is 0 Å². The minimum atomic E-state index is -4.70. The van der Waals surface area contributed by atoms with Crippen LogP contribution in [0.3, 0.4) is 0 Å². The van der Waals surface area contributed by atoms with Crippen LogP contribution in [0.25, 0.3) is 11.1 Å². The Labute approximate surface area is 151 Å². The van der Waals surface area contributed by atoms with Gasteiger partial charge in [0.2, 0.25) is 0 Å². The molecule has 0 radical (unpaired) electrons. The Morgan fingerprint density at radius 2 is 1.88 bits per heavy atom. The molecular formula is C17H16ClF4NO3. The van der Waals surface area contributed by atoms with Gasteiger partial charge in [0, 0.05) is 19.7 Å². The van der Waals surface area contributed by atoms with Gasteiger partial charge in [0.1, 0.15) is 23.9 Å². The number of rotatable bonds is 5. The van der Waals surface area contributed by atoms with Gasteiger partial charge in [-0.3, -0.25) is 4.79 Å². The van der Waals surface area contributed by atoms with Gasteiger partial charge in [-0.25, -0.2) is 4.39 Å². The maximum atomic E-state index is 14.3. The molecule has 2 aromatic rings. The number of benzene rings is 1. The zero-order valence-electron chi connectivity index (χ0n) is 14.2. The van der Waals surface area contributed by atoms with Gasteiger partial charge in [-0.15, -0.1) is 0 Å². The average molecular weight is 394 g/mol. The van der Waals surface area contributed by atoms with Crippen LogP contribution in [-0.2, 0) is 18.0 Å². The lowest BCUT2D eigenvalue weighted by atomic mass is 10.1. The third-order valence-corrected chi connectivity index (χ3v) is 4.08. The summed E-state index contributed by atoms with van der Waals surface area (Å²) in [5.41, 5.74) is -2.56. The fourth-order valence-electron chi connectivity index (χ4n) is 2.25. The summed E-state index contributed by atoms with van der Waals surface area (Å²) in [6.07, 6.45) is -4.96. The molecule has 0 amide bonds. The number of nitrogens with zero attached hydrogens (tertiary/aromatic N) is 1. The van der Waals surface area contributed by atoms with Crippen molar-refractivity contribution in [3.8, 4) is 16.9 Å². The third kappa shape index (κ3) is 4.19. The maximum Gasteiger partial charge on any atom is 0.431 e. The Balaban J connectivity index is 2.52. The first kappa shape index (κ1) is 20.3. The molecule has 2 rings (SSSR count). The first-order chi connectivity index (χ1) is 12.1. The summed E-state index contributed by atoms with van der Waals surface area (Å²) >= 11 is 5.93. The highest BCUT2D eigenvalue weighted by molar-refractivity contribution is 6.32. The van der Waals surface area contributed by atoms with E-state index < -0.39 is 23.2 Å². The van der Waals surface area contributed by atoms with E-state index in [1.807, 2.05) is 0 Å². The van der Waals surface area contributed by atoms with Crippen LogP contribution in [0.4, 0.5) is 17.6 Å². The zero-order valence-corrected chi connectivity index (χ0v) is 14.9. The van der Waals surface area contributed by atoms with Crippen molar-refractivity contribution in [3.63, 3.8) is 0 Å². The fourth-order valence-corrected chi connectivity index (χ4v) is 2.45. The van der Waals surface area contributed by atoms with Crippen LogP contribution in [0, 0.1) is 5.82 Å². The Bertz CT molecular complexity index is 864. The van der Waals surface area contributed by atoms with Crippen LogP contribution in [0.1, 0.15) is 12.6 Å². The van der Waals surface area contributed by atoms with E-state index in [1.54, 1.807) is 6.92 Å². The van der Waals surface area contributed by atoms with Crippen molar-refractivity contribution in [2.45, 2.75) is 19.2 Å². The van der Waals surface area contributed by atoms with E-state index in [0.29, 0.717) is 4.57 Å². The number of ether oxygens (including phenoxy) is 2. The number of methoxy groups -OCH3 is 1. The van der Waals surface area contributed by atoms with Gasteiger partial charge >= 0.3 is 6.18 Å². The summed E-state index contributed by atoms with van der Waals surface area (Å²) in [7, 11) is 2.46. The second-order valence-corrected chi connectivity index (χ2v) is 6.02. The van der Waals surface area contributed by atoms with Crippen molar-refractivity contribution in [1.29, 1.82) is 0 Å². The predicted molar refractivity (Wildman–Crippen MR) is 89.1 cm³/mol. The summed E-state index contributed by atoms with van der Waals surface area (Å²) in [5, 5.41) is -0.0294. The second kappa shape index (κ2) is 7.67. The van der Waals surface area contributed by atoms with Crippen LogP contribution in [0.5, 0.6) is 5.75 Å². The molecule has 0 aliphatic rings. The molecular weight excluding hydrogens is 378 g/mol. The van der Waals surface area contributed by atoms with Gasteiger partial charge in [-0.2, -0.15) is 13.2 Å². The van der Waals surface area contributed by atoms with Crippen LogP contribution in [-0.4, -0.2) is 24.4 Å². The molecule has 142 valence electrons. The third-order valence-electron chi connectivity index (χ3n) is 3.78. The monoisotopic (exact) mass is 393 g/mol. The molecule has 1 aromatic heterocycles. The van der Waals surface area contributed by atoms with E-state index in [1.165, 1.54) is 13.2 Å². The average Bonchev–Trinajstić information content (AvgIpc) is 2.55. The Hall–Kier alpha value is -2.06. The van der Waals surface area contributed by atoms with Gasteiger partial charge in [0.25, 0.3) is 5.56 Å². The molecule has 1 atom stereocenters. The van der Waals surface area contributed by atoms with Crippen LogP contribution >= 0.6 is 11.6 Å². The van der Waals surface area contributed by atoms with Gasteiger partial charge in [0.05, 0.1) is 16.7 Å². The van der Waals surface area contributed by atoms with Gasteiger partial charge < -0.3 is 14.0 Å². The molecule has 1 aromatic carbocycles. The molecule has 0 bridgehead atoms. The molecule has 0 spiro atoms. The van der Waals surface area contributed by atoms with E-state index in [-0.39, 0.29) is 34.6 Å². The van der Waals surface area contributed by atoms with E-state index in [9.17, 15) is 22.4 Å². The molecule has 0 fully saturated rings. The molecule has 4 nitrogen and oxygen atoms in total. The summed E-state index contributed by atoms with van der Waals surface area (Å²) < 4.78 is 63.8.